The van der Waals surface area contributed by atoms with Gasteiger partial charge in [0.1, 0.15) is 0 Å². The molecule has 0 aromatic heterocycles. The van der Waals surface area contributed by atoms with Crippen molar-refractivity contribution in [1.29, 1.82) is 4.78 Å². The minimum Gasteiger partial charge on any atom is -0.281 e. The van der Waals surface area contributed by atoms with Gasteiger partial charge in [-0.25, -0.2) is 0 Å². The van der Waals surface area contributed by atoms with Crippen molar-refractivity contribution >= 4 is 18.8 Å². The lowest BCUT2D eigenvalue weighted by atomic mass is 11.0. The van der Waals surface area contributed by atoms with E-state index in [1.807, 2.05) is 6.26 Å². The van der Waals surface area contributed by atoms with Crippen LogP contribution in [0.5, 0.6) is 0 Å². The molecular weight excluding hydrogens is 146 g/mol. The van der Waals surface area contributed by atoms with E-state index in [2.05, 4.69) is 19.6 Å². The topological polar surface area (TPSA) is 23.9 Å². The molecule has 0 aromatic rings. The molecule has 9 heavy (non-hydrogen) atoms. The van der Waals surface area contributed by atoms with Crippen molar-refractivity contribution in [3.05, 3.63) is 0 Å². The molecule has 1 unspecified atom stereocenters. The Morgan fingerprint density at radius 2 is 1.78 bits per heavy atom. The summed E-state index contributed by atoms with van der Waals surface area (Å²) >= 11 is 0. The minimum atomic E-state index is -0.833. The van der Waals surface area contributed by atoms with Crippen LogP contribution in [0.15, 0.2) is 0 Å². The molecule has 0 amide bonds. The van der Waals surface area contributed by atoms with Gasteiger partial charge in [-0.2, -0.15) is 0 Å². The Morgan fingerprint density at radius 1 is 1.33 bits per heavy atom. The monoisotopic (exact) mass is 163 g/mol. The van der Waals surface area contributed by atoms with Crippen LogP contribution in [0.2, 0.25) is 25.7 Å². The second-order valence-electron chi connectivity index (χ2n) is 3.65. The highest BCUT2D eigenvalue weighted by Crippen LogP contribution is 2.07. The highest BCUT2D eigenvalue weighted by Gasteiger charge is 2.11. The summed E-state index contributed by atoms with van der Waals surface area (Å²) in [4.78, 5) is 0. The van der Waals surface area contributed by atoms with Crippen molar-refractivity contribution in [1.82, 2.24) is 0 Å². The van der Waals surface area contributed by atoms with Crippen LogP contribution in [0, 0.1) is 4.78 Å². The standard InChI is InChI=1S/C6H17NSSi/c1-8(7)5-6-9(2,3)4/h7H,5-6H2,1-4H3. The fourth-order valence-electron chi connectivity index (χ4n) is 0.459. The van der Waals surface area contributed by atoms with Gasteiger partial charge in [0.25, 0.3) is 0 Å². The molecule has 3 heteroatoms. The Kier molecular flexibility index (Phi) is 3.66. The van der Waals surface area contributed by atoms with Crippen LogP contribution in [-0.2, 0) is 10.7 Å². The Balaban J connectivity index is 3.39. The minimum absolute atomic E-state index is 0.0773. The number of hydrogen-bond acceptors (Lipinski definition) is 1. The molecule has 0 heterocycles. The molecule has 0 saturated heterocycles. The maximum atomic E-state index is 7.31. The molecule has 1 N–H and O–H groups in total. The fourth-order valence-corrected chi connectivity index (χ4v) is 4.13. The van der Waals surface area contributed by atoms with Crippen molar-refractivity contribution in [3.8, 4) is 0 Å². The molecular formula is C6H17NSSi. The molecule has 0 fully saturated rings. The Bertz CT molecular complexity index is 106. The fraction of sp³-hybridized carbons (Fsp3) is 1.00. The molecule has 0 spiro atoms. The normalized spacial score (nSPS) is 15.6. The zero-order chi connectivity index (χ0) is 7.49. The molecule has 0 aliphatic rings. The third-order valence-corrected chi connectivity index (χ3v) is 4.09. The van der Waals surface area contributed by atoms with Crippen LogP contribution in [0.3, 0.4) is 0 Å². The van der Waals surface area contributed by atoms with Crippen LogP contribution in [0.1, 0.15) is 0 Å². The number of nitrogens with one attached hydrogen (secondary N) is 1. The Morgan fingerprint density at radius 3 is 1.89 bits per heavy atom. The maximum absolute atomic E-state index is 7.31. The molecule has 0 saturated carbocycles. The lowest BCUT2D eigenvalue weighted by molar-refractivity contribution is 1.36. The van der Waals surface area contributed by atoms with Gasteiger partial charge in [-0.05, 0) is 12.3 Å². The molecule has 56 valence electrons. The van der Waals surface area contributed by atoms with Gasteiger partial charge in [0.05, 0.1) is 0 Å². The van der Waals surface area contributed by atoms with Crippen molar-refractivity contribution in [2.75, 3.05) is 12.0 Å². The van der Waals surface area contributed by atoms with Gasteiger partial charge in [-0.15, -0.1) is 10.7 Å². The van der Waals surface area contributed by atoms with E-state index in [1.165, 1.54) is 6.04 Å². The first-order chi connectivity index (χ1) is 3.92. The van der Waals surface area contributed by atoms with Crippen molar-refractivity contribution < 1.29 is 0 Å². The van der Waals surface area contributed by atoms with Gasteiger partial charge in [-0.1, -0.05) is 19.6 Å². The van der Waals surface area contributed by atoms with E-state index in [4.69, 9.17) is 4.78 Å². The van der Waals surface area contributed by atoms with E-state index in [-0.39, 0.29) is 10.7 Å². The van der Waals surface area contributed by atoms with Crippen molar-refractivity contribution in [2.24, 2.45) is 0 Å². The van der Waals surface area contributed by atoms with E-state index in [9.17, 15) is 0 Å². The maximum Gasteiger partial charge on any atom is 0.0451 e. The van der Waals surface area contributed by atoms with Crippen LogP contribution < -0.4 is 0 Å². The zero-order valence-electron chi connectivity index (χ0n) is 6.82. The Labute approximate surface area is 61.8 Å². The molecule has 1 atom stereocenters. The molecule has 0 aromatic carbocycles. The van der Waals surface area contributed by atoms with E-state index in [0.717, 1.165) is 5.75 Å². The first-order valence-electron chi connectivity index (χ1n) is 3.25. The second-order valence-corrected chi connectivity index (χ2v) is 11.0. The largest absolute Gasteiger partial charge is 0.281 e. The van der Waals surface area contributed by atoms with E-state index in [0.29, 0.717) is 0 Å². The summed E-state index contributed by atoms with van der Waals surface area (Å²) in [6.45, 7) is 7.08. The van der Waals surface area contributed by atoms with Crippen LogP contribution >= 0.6 is 0 Å². The average Bonchev–Trinajstić information content (AvgIpc) is 1.59. The van der Waals surface area contributed by atoms with Gasteiger partial charge in [0.2, 0.25) is 0 Å². The molecule has 1 nitrogen and oxygen atoms in total. The van der Waals surface area contributed by atoms with E-state index in [1.54, 1.807) is 0 Å². The van der Waals surface area contributed by atoms with Crippen molar-refractivity contribution in [3.63, 3.8) is 0 Å². The Hall–Kier alpha value is 0.367. The second kappa shape index (κ2) is 3.51. The summed E-state index contributed by atoms with van der Waals surface area (Å²) in [5.41, 5.74) is 0. The highest BCUT2D eigenvalue weighted by molar-refractivity contribution is 7.85. The third-order valence-electron chi connectivity index (χ3n) is 1.16. The molecule has 0 aliphatic carbocycles. The predicted octanol–water partition coefficient (Wildman–Crippen LogP) is 2.34. The van der Waals surface area contributed by atoms with Gasteiger partial charge < -0.3 is 0 Å². The average molecular weight is 163 g/mol. The molecule has 0 aliphatic heterocycles. The number of hydrogen-bond donors (Lipinski definition) is 1. The van der Waals surface area contributed by atoms with Crippen LogP contribution in [-0.4, -0.2) is 20.1 Å². The van der Waals surface area contributed by atoms with Gasteiger partial charge in [0.15, 0.2) is 0 Å². The van der Waals surface area contributed by atoms with Crippen molar-refractivity contribution in [2.45, 2.75) is 25.7 Å². The van der Waals surface area contributed by atoms with E-state index >= 15 is 0 Å². The quantitative estimate of drug-likeness (QED) is 0.618. The predicted molar refractivity (Wildman–Crippen MR) is 49.0 cm³/mol. The summed E-state index contributed by atoms with van der Waals surface area (Å²) in [6.07, 6.45) is 2.00. The summed E-state index contributed by atoms with van der Waals surface area (Å²) in [5, 5.41) is 0. The lowest BCUT2D eigenvalue weighted by Crippen LogP contribution is -2.21. The van der Waals surface area contributed by atoms with Gasteiger partial charge in [-0.3, -0.25) is 4.78 Å². The summed E-state index contributed by atoms with van der Waals surface area (Å²) in [6, 6.07) is 1.32. The smallest absolute Gasteiger partial charge is 0.0451 e. The lowest BCUT2D eigenvalue weighted by Gasteiger charge is -2.14. The molecule has 0 bridgehead atoms. The summed E-state index contributed by atoms with van der Waals surface area (Å²) < 4.78 is 7.31. The van der Waals surface area contributed by atoms with Crippen LogP contribution in [0.4, 0.5) is 0 Å². The third kappa shape index (κ3) is 8.37. The van der Waals surface area contributed by atoms with Crippen LogP contribution in [0.25, 0.3) is 0 Å². The SMILES string of the molecule is CS(=N)CC[Si](C)(C)C. The molecule has 0 rings (SSSR count). The highest BCUT2D eigenvalue weighted by atomic mass is 32.2. The number of rotatable bonds is 3. The van der Waals surface area contributed by atoms with Gasteiger partial charge in [0, 0.05) is 13.8 Å². The zero-order valence-corrected chi connectivity index (χ0v) is 8.64. The van der Waals surface area contributed by atoms with Gasteiger partial charge >= 0.3 is 0 Å². The first-order valence-corrected chi connectivity index (χ1v) is 8.76. The van der Waals surface area contributed by atoms with E-state index < -0.39 is 8.07 Å². The molecule has 0 radical (unpaired) electrons. The summed E-state index contributed by atoms with van der Waals surface area (Å²) in [7, 11) is -0.910. The first kappa shape index (κ1) is 9.37. The summed E-state index contributed by atoms with van der Waals surface area (Å²) in [5.74, 6) is 1.12.